The average molecular weight is 351 g/mol. The fourth-order valence-corrected chi connectivity index (χ4v) is 2.74. The van der Waals surface area contributed by atoms with E-state index in [-0.39, 0.29) is 12.5 Å². The van der Waals surface area contributed by atoms with Crippen molar-refractivity contribution in [1.82, 2.24) is 10.6 Å². The molecule has 5 heteroatoms. The lowest BCUT2D eigenvalue weighted by molar-refractivity contribution is -0.120. The number of nitrogens with one attached hydrogen (secondary N) is 2. The molecule has 2 N–H and O–H groups in total. The van der Waals surface area contributed by atoms with Gasteiger partial charge in [0, 0.05) is 16.6 Å². The van der Waals surface area contributed by atoms with Gasteiger partial charge in [0.15, 0.2) is 0 Å². The first kappa shape index (κ1) is 17.8. The van der Waals surface area contributed by atoms with Crippen LogP contribution in [0, 0.1) is 6.92 Å². The summed E-state index contributed by atoms with van der Waals surface area (Å²) < 4.78 is 0. The summed E-state index contributed by atoms with van der Waals surface area (Å²) in [5, 5.41) is 7.30. The van der Waals surface area contributed by atoms with Crippen LogP contribution in [0.25, 0.3) is 0 Å². The van der Waals surface area contributed by atoms with Gasteiger partial charge in [-0.05, 0) is 43.1 Å². The Morgan fingerprint density at radius 1 is 1.13 bits per heavy atom. The number of rotatable bonds is 7. The molecule has 1 amide bonds. The molecule has 0 spiro atoms. The number of halogens is 2. The topological polar surface area (TPSA) is 41.1 Å². The number of aryl methyl sites for hydroxylation is 1. The van der Waals surface area contributed by atoms with Gasteiger partial charge in [-0.2, -0.15) is 0 Å². The van der Waals surface area contributed by atoms with Crippen LogP contribution in [0.4, 0.5) is 0 Å². The van der Waals surface area contributed by atoms with Crippen molar-refractivity contribution < 1.29 is 4.79 Å². The maximum Gasteiger partial charge on any atom is 0.234 e. The fourth-order valence-electron chi connectivity index (χ4n) is 2.23. The lowest BCUT2D eigenvalue weighted by atomic mass is 10.1. The minimum Gasteiger partial charge on any atom is -0.351 e. The summed E-state index contributed by atoms with van der Waals surface area (Å²) in [6, 6.07) is 13.5. The molecule has 0 bridgehead atoms. The van der Waals surface area contributed by atoms with E-state index in [2.05, 4.69) is 16.7 Å². The number of hydrogen-bond acceptors (Lipinski definition) is 2. The summed E-state index contributed by atoms with van der Waals surface area (Å²) in [7, 11) is 0. The summed E-state index contributed by atoms with van der Waals surface area (Å²) >= 11 is 12.0. The zero-order valence-electron chi connectivity index (χ0n) is 13.0. The predicted molar refractivity (Wildman–Crippen MR) is 96.1 cm³/mol. The molecule has 0 saturated heterocycles. The van der Waals surface area contributed by atoms with Crippen molar-refractivity contribution in [2.24, 2.45) is 0 Å². The highest BCUT2D eigenvalue weighted by Gasteiger charge is 2.03. The average Bonchev–Trinajstić information content (AvgIpc) is 2.51. The van der Waals surface area contributed by atoms with Gasteiger partial charge in [-0.25, -0.2) is 0 Å². The Morgan fingerprint density at radius 2 is 1.96 bits per heavy atom. The van der Waals surface area contributed by atoms with Crippen molar-refractivity contribution >= 4 is 29.1 Å². The Bertz CT molecular complexity index is 674. The van der Waals surface area contributed by atoms with Crippen LogP contribution in [0.2, 0.25) is 10.0 Å². The van der Waals surface area contributed by atoms with Gasteiger partial charge in [0.2, 0.25) is 5.91 Å². The van der Waals surface area contributed by atoms with Crippen molar-refractivity contribution in [2.75, 3.05) is 13.1 Å². The van der Waals surface area contributed by atoms with E-state index in [1.807, 2.05) is 37.3 Å². The van der Waals surface area contributed by atoms with Gasteiger partial charge in [-0.3, -0.25) is 4.79 Å². The van der Waals surface area contributed by atoms with E-state index in [0.717, 1.165) is 17.5 Å². The number of hydrogen-bond donors (Lipinski definition) is 2. The van der Waals surface area contributed by atoms with Crippen LogP contribution in [0.5, 0.6) is 0 Å². The van der Waals surface area contributed by atoms with Crippen LogP contribution < -0.4 is 10.6 Å². The Kier molecular flexibility index (Phi) is 6.90. The van der Waals surface area contributed by atoms with E-state index < -0.39 is 0 Å². The summed E-state index contributed by atoms with van der Waals surface area (Å²) in [4.78, 5) is 11.8. The van der Waals surface area contributed by atoms with E-state index in [9.17, 15) is 4.79 Å². The second-order valence-electron chi connectivity index (χ2n) is 5.43. The molecule has 0 saturated carbocycles. The molecule has 3 nitrogen and oxygen atoms in total. The van der Waals surface area contributed by atoms with E-state index >= 15 is 0 Å². The minimum atomic E-state index is -0.0197. The molecule has 0 fully saturated rings. The molecular formula is C18H20Cl2N2O. The summed E-state index contributed by atoms with van der Waals surface area (Å²) in [5.74, 6) is -0.0197. The summed E-state index contributed by atoms with van der Waals surface area (Å²) in [5.41, 5.74) is 3.31. The number of amides is 1. The molecule has 2 aromatic carbocycles. The van der Waals surface area contributed by atoms with Gasteiger partial charge in [0.1, 0.15) is 0 Å². The van der Waals surface area contributed by atoms with Gasteiger partial charge >= 0.3 is 0 Å². The highest BCUT2D eigenvalue weighted by molar-refractivity contribution is 6.35. The molecule has 2 rings (SSSR count). The third-order valence-electron chi connectivity index (χ3n) is 3.44. The molecule has 23 heavy (non-hydrogen) atoms. The van der Waals surface area contributed by atoms with Crippen LogP contribution in [-0.4, -0.2) is 19.0 Å². The maximum absolute atomic E-state index is 11.8. The first-order chi connectivity index (χ1) is 11.0. The molecule has 0 aliphatic rings. The van der Waals surface area contributed by atoms with Gasteiger partial charge in [0.25, 0.3) is 0 Å². The largest absolute Gasteiger partial charge is 0.351 e. The van der Waals surface area contributed by atoms with Crippen LogP contribution in [-0.2, 0) is 17.8 Å². The maximum atomic E-state index is 11.8. The van der Waals surface area contributed by atoms with Crippen molar-refractivity contribution in [3.8, 4) is 0 Å². The van der Waals surface area contributed by atoms with Crippen molar-refractivity contribution in [3.05, 3.63) is 69.2 Å². The molecule has 2 aromatic rings. The second-order valence-corrected chi connectivity index (χ2v) is 6.27. The third-order valence-corrected chi connectivity index (χ3v) is 4.03. The molecule has 0 aromatic heterocycles. The highest BCUT2D eigenvalue weighted by atomic mass is 35.5. The lowest BCUT2D eigenvalue weighted by Crippen LogP contribution is -2.34. The van der Waals surface area contributed by atoms with Crippen molar-refractivity contribution in [1.29, 1.82) is 0 Å². The Labute approximate surface area is 147 Å². The fraction of sp³-hybridized carbons (Fsp3) is 0.278. The smallest absolute Gasteiger partial charge is 0.234 e. The quantitative estimate of drug-likeness (QED) is 0.746. The molecule has 122 valence electrons. The molecule has 0 unspecified atom stereocenters. The Balaban J connectivity index is 1.66. The lowest BCUT2D eigenvalue weighted by Gasteiger charge is -2.08. The van der Waals surface area contributed by atoms with E-state index in [0.29, 0.717) is 23.1 Å². The molecular weight excluding hydrogens is 331 g/mol. The van der Waals surface area contributed by atoms with Crippen molar-refractivity contribution in [3.63, 3.8) is 0 Å². The second kappa shape index (κ2) is 8.92. The SMILES string of the molecule is Cc1cccc(CNC(=O)CNCCc2ccc(Cl)cc2Cl)c1. The van der Waals surface area contributed by atoms with Gasteiger partial charge in [0.05, 0.1) is 6.54 Å². The first-order valence-corrected chi connectivity index (χ1v) is 8.27. The van der Waals surface area contributed by atoms with Gasteiger partial charge in [-0.1, -0.05) is 59.1 Å². The highest BCUT2D eigenvalue weighted by Crippen LogP contribution is 2.20. The zero-order valence-corrected chi connectivity index (χ0v) is 14.5. The first-order valence-electron chi connectivity index (χ1n) is 7.51. The number of carbonyl (C=O) groups excluding carboxylic acids is 1. The molecule has 0 atom stereocenters. The van der Waals surface area contributed by atoms with Gasteiger partial charge < -0.3 is 10.6 Å². The van der Waals surface area contributed by atoms with E-state index in [1.165, 1.54) is 5.56 Å². The summed E-state index contributed by atoms with van der Waals surface area (Å²) in [6.45, 7) is 3.55. The van der Waals surface area contributed by atoms with Crippen LogP contribution in [0.1, 0.15) is 16.7 Å². The van der Waals surface area contributed by atoms with Gasteiger partial charge in [-0.15, -0.1) is 0 Å². The normalized spacial score (nSPS) is 10.6. The van der Waals surface area contributed by atoms with Crippen molar-refractivity contribution in [2.45, 2.75) is 19.9 Å². The van der Waals surface area contributed by atoms with Crippen LogP contribution >= 0.6 is 23.2 Å². The van der Waals surface area contributed by atoms with E-state index in [1.54, 1.807) is 6.07 Å². The third kappa shape index (κ3) is 6.22. The number of carbonyl (C=O) groups is 1. The Hall–Kier alpha value is -1.55. The van der Waals surface area contributed by atoms with E-state index in [4.69, 9.17) is 23.2 Å². The van der Waals surface area contributed by atoms with Crippen LogP contribution in [0.15, 0.2) is 42.5 Å². The molecule has 0 aliphatic heterocycles. The minimum absolute atomic E-state index is 0.0197. The predicted octanol–water partition coefficient (Wildman–Crippen LogP) is 3.75. The monoisotopic (exact) mass is 350 g/mol. The summed E-state index contributed by atoms with van der Waals surface area (Å²) in [6.07, 6.45) is 0.751. The number of benzene rings is 2. The van der Waals surface area contributed by atoms with Crippen LogP contribution in [0.3, 0.4) is 0 Å². The molecule has 0 radical (unpaired) electrons. The molecule has 0 heterocycles. The molecule has 0 aliphatic carbocycles. The standard InChI is InChI=1S/C18H20Cl2N2O/c1-13-3-2-4-14(9-13)11-22-18(23)12-21-8-7-15-5-6-16(19)10-17(15)20/h2-6,9-10,21H,7-8,11-12H2,1H3,(H,22,23). The zero-order chi connectivity index (χ0) is 16.7. The Morgan fingerprint density at radius 3 is 2.70 bits per heavy atom.